The first kappa shape index (κ1) is 8.36. The van der Waals surface area contributed by atoms with Crippen LogP contribution in [0, 0.1) is 0 Å². The van der Waals surface area contributed by atoms with Crippen molar-refractivity contribution >= 4 is 5.69 Å². The van der Waals surface area contributed by atoms with E-state index in [0.29, 0.717) is 0 Å². The van der Waals surface area contributed by atoms with Gasteiger partial charge < -0.3 is 4.90 Å². The monoisotopic (exact) mass is 173 g/mol. The fourth-order valence-corrected chi connectivity index (χ4v) is 1.81. The predicted octanol–water partition coefficient (Wildman–Crippen LogP) is 2.97. The number of benzene rings is 1. The van der Waals surface area contributed by atoms with E-state index in [0.717, 1.165) is 6.54 Å². The third-order valence-electron chi connectivity index (χ3n) is 2.34. The molecule has 1 aliphatic rings. The van der Waals surface area contributed by atoms with Crippen LogP contribution in [0.15, 0.2) is 36.0 Å². The Bertz CT molecular complexity index is 335. The molecule has 1 aliphatic heterocycles. The summed E-state index contributed by atoms with van der Waals surface area (Å²) < 4.78 is 0. The van der Waals surface area contributed by atoms with E-state index in [1.807, 2.05) is 0 Å². The van der Waals surface area contributed by atoms with Crippen LogP contribution in [0.1, 0.15) is 19.4 Å². The van der Waals surface area contributed by atoms with Crippen molar-refractivity contribution in [1.82, 2.24) is 0 Å². The van der Waals surface area contributed by atoms with E-state index in [1.165, 1.54) is 23.2 Å². The molecule has 0 atom stereocenters. The van der Waals surface area contributed by atoms with Gasteiger partial charge in [-0.25, -0.2) is 0 Å². The van der Waals surface area contributed by atoms with Gasteiger partial charge in [-0.1, -0.05) is 23.8 Å². The molecule has 13 heavy (non-hydrogen) atoms. The number of rotatable bonds is 1. The third kappa shape index (κ3) is 1.59. The molecule has 1 nitrogen and oxygen atoms in total. The molecule has 1 aromatic carbocycles. The molecule has 0 spiro atoms. The van der Waals surface area contributed by atoms with Gasteiger partial charge in [0.15, 0.2) is 0 Å². The lowest BCUT2D eigenvalue weighted by Gasteiger charge is -2.14. The summed E-state index contributed by atoms with van der Waals surface area (Å²) in [5.74, 6) is 0. The van der Waals surface area contributed by atoms with E-state index in [-0.39, 0.29) is 0 Å². The maximum Gasteiger partial charge on any atom is 0.0439 e. The third-order valence-corrected chi connectivity index (χ3v) is 2.34. The zero-order chi connectivity index (χ0) is 9.26. The Balaban J connectivity index is 2.33. The van der Waals surface area contributed by atoms with Crippen molar-refractivity contribution in [2.45, 2.75) is 20.3 Å². The van der Waals surface area contributed by atoms with Crippen molar-refractivity contribution in [3.8, 4) is 0 Å². The second kappa shape index (κ2) is 3.25. The van der Waals surface area contributed by atoms with Gasteiger partial charge >= 0.3 is 0 Å². The number of fused-ring (bicyclic) bond motifs is 1. The van der Waals surface area contributed by atoms with E-state index in [4.69, 9.17) is 0 Å². The molecule has 0 fully saturated rings. The normalized spacial score (nSPS) is 14.2. The predicted molar refractivity (Wildman–Crippen MR) is 56.9 cm³/mol. The van der Waals surface area contributed by atoms with Crippen LogP contribution in [0.2, 0.25) is 0 Å². The van der Waals surface area contributed by atoms with E-state index < -0.39 is 0 Å². The molecule has 0 radical (unpaired) electrons. The standard InChI is InChI=1S/C12H15N/c1-10(2)9-13-8-7-11-5-3-4-6-12(11)13/h3-6,9H,7-8H2,1-2H3. The molecule has 0 amide bonds. The minimum Gasteiger partial charge on any atom is -0.347 e. The minimum absolute atomic E-state index is 1.13. The number of hydrogen-bond donors (Lipinski definition) is 0. The largest absolute Gasteiger partial charge is 0.347 e. The van der Waals surface area contributed by atoms with E-state index in [9.17, 15) is 0 Å². The Morgan fingerprint density at radius 1 is 1.31 bits per heavy atom. The molecule has 68 valence electrons. The van der Waals surface area contributed by atoms with Crippen LogP contribution in [0.4, 0.5) is 5.69 Å². The SMILES string of the molecule is CC(C)=CN1CCc2ccccc21. The fraction of sp³-hybridized carbons (Fsp3) is 0.333. The molecule has 0 N–H and O–H groups in total. The Hall–Kier alpha value is -1.24. The van der Waals surface area contributed by atoms with Crippen LogP contribution in [-0.4, -0.2) is 6.54 Å². The summed E-state index contributed by atoms with van der Waals surface area (Å²) >= 11 is 0. The van der Waals surface area contributed by atoms with Gasteiger partial charge in [-0.2, -0.15) is 0 Å². The molecular weight excluding hydrogens is 158 g/mol. The smallest absolute Gasteiger partial charge is 0.0439 e. The number of nitrogens with zero attached hydrogens (tertiary/aromatic N) is 1. The highest BCUT2D eigenvalue weighted by Crippen LogP contribution is 2.27. The van der Waals surface area contributed by atoms with Crippen LogP contribution < -0.4 is 4.90 Å². The second-order valence-corrected chi connectivity index (χ2v) is 3.78. The Morgan fingerprint density at radius 2 is 2.08 bits per heavy atom. The number of anilines is 1. The highest BCUT2D eigenvalue weighted by atomic mass is 15.1. The van der Waals surface area contributed by atoms with Crippen molar-refractivity contribution in [3.05, 3.63) is 41.6 Å². The van der Waals surface area contributed by atoms with Crippen molar-refractivity contribution in [2.24, 2.45) is 0 Å². The number of allylic oxidation sites excluding steroid dienone is 1. The maximum atomic E-state index is 2.34. The first-order chi connectivity index (χ1) is 6.27. The quantitative estimate of drug-likeness (QED) is 0.631. The van der Waals surface area contributed by atoms with Crippen molar-refractivity contribution in [2.75, 3.05) is 11.4 Å². The highest BCUT2D eigenvalue weighted by molar-refractivity contribution is 5.60. The van der Waals surface area contributed by atoms with Crippen LogP contribution in [-0.2, 0) is 6.42 Å². The molecule has 0 saturated heterocycles. The first-order valence-corrected chi connectivity index (χ1v) is 4.77. The maximum absolute atomic E-state index is 2.34. The Kier molecular flexibility index (Phi) is 2.09. The zero-order valence-electron chi connectivity index (χ0n) is 8.25. The lowest BCUT2D eigenvalue weighted by molar-refractivity contribution is 0.983. The summed E-state index contributed by atoms with van der Waals surface area (Å²) in [5.41, 5.74) is 4.21. The molecule has 2 rings (SSSR count). The minimum atomic E-state index is 1.13. The summed E-state index contributed by atoms with van der Waals surface area (Å²) in [6, 6.07) is 8.64. The number of hydrogen-bond acceptors (Lipinski definition) is 1. The molecule has 0 unspecified atom stereocenters. The zero-order valence-corrected chi connectivity index (χ0v) is 8.25. The van der Waals surface area contributed by atoms with Crippen LogP contribution in [0.5, 0.6) is 0 Å². The molecule has 0 bridgehead atoms. The molecule has 0 aliphatic carbocycles. The van der Waals surface area contributed by atoms with Gasteiger partial charge in [0, 0.05) is 18.4 Å². The highest BCUT2D eigenvalue weighted by Gasteiger charge is 2.15. The Labute approximate surface area is 79.7 Å². The average Bonchev–Trinajstić information content (AvgIpc) is 2.48. The van der Waals surface area contributed by atoms with Crippen molar-refractivity contribution < 1.29 is 0 Å². The van der Waals surface area contributed by atoms with Gasteiger partial charge in [-0.05, 0) is 31.9 Å². The second-order valence-electron chi connectivity index (χ2n) is 3.78. The van der Waals surface area contributed by atoms with Crippen molar-refractivity contribution in [3.63, 3.8) is 0 Å². The van der Waals surface area contributed by atoms with Crippen molar-refractivity contribution in [1.29, 1.82) is 0 Å². The van der Waals surface area contributed by atoms with Gasteiger partial charge in [0.25, 0.3) is 0 Å². The van der Waals surface area contributed by atoms with Gasteiger partial charge in [0.1, 0.15) is 0 Å². The summed E-state index contributed by atoms with van der Waals surface area (Å²) in [4.78, 5) is 2.34. The molecule has 1 aromatic rings. The summed E-state index contributed by atoms with van der Waals surface area (Å²) in [7, 11) is 0. The van der Waals surface area contributed by atoms with Gasteiger partial charge in [0.05, 0.1) is 0 Å². The Morgan fingerprint density at radius 3 is 2.85 bits per heavy atom. The van der Waals surface area contributed by atoms with Crippen LogP contribution in [0.25, 0.3) is 0 Å². The fourth-order valence-electron chi connectivity index (χ4n) is 1.81. The van der Waals surface area contributed by atoms with Gasteiger partial charge in [-0.3, -0.25) is 0 Å². The van der Waals surface area contributed by atoms with Gasteiger partial charge in [0.2, 0.25) is 0 Å². The summed E-state index contributed by atoms with van der Waals surface area (Å²) in [6.07, 6.45) is 3.41. The van der Waals surface area contributed by atoms with E-state index in [2.05, 4.69) is 49.2 Å². The van der Waals surface area contributed by atoms with E-state index >= 15 is 0 Å². The van der Waals surface area contributed by atoms with Crippen LogP contribution >= 0.6 is 0 Å². The topological polar surface area (TPSA) is 3.24 Å². The lowest BCUT2D eigenvalue weighted by Crippen LogP contribution is -2.12. The summed E-state index contributed by atoms with van der Waals surface area (Å²) in [6.45, 7) is 5.41. The molecule has 1 heterocycles. The van der Waals surface area contributed by atoms with Gasteiger partial charge in [-0.15, -0.1) is 0 Å². The average molecular weight is 173 g/mol. The van der Waals surface area contributed by atoms with E-state index in [1.54, 1.807) is 0 Å². The molecule has 1 heteroatoms. The lowest BCUT2D eigenvalue weighted by atomic mass is 10.2. The number of para-hydroxylation sites is 1. The molecule has 0 aromatic heterocycles. The molecular formula is C12H15N. The van der Waals surface area contributed by atoms with Crippen LogP contribution in [0.3, 0.4) is 0 Å². The summed E-state index contributed by atoms with van der Waals surface area (Å²) in [5, 5.41) is 0. The first-order valence-electron chi connectivity index (χ1n) is 4.77. The molecule has 0 saturated carbocycles.